The molecular weight excluding hydrogens is 342 g/mol. The molecule has 0 aliphatic heterocycles. The summed E-state index contributed by atoms with van der Waals surface area (Å²) in [5, 5.41) is 17.3. The van der Waals surface area contributed by atoms with Crippen molar-refractivity contribution in [2.45, 2.75) is 26.4 Å². The first-order chi connectivity index (χ1) is 13.0. The molecule has 1 heterocycles. The number of rotatable bonds is 5. The zero-order valence-corrected chi connectivity index (χ0v) is 15.2. The molecule has 1 aromatic heterocycles. The summed E-state index contributed by atoms with van der Waals surface area (Å²) in [7, 11) is 0. The normalized spacial score (nSPS) is 11.7. The van der Waals surface area contributed by atoms with E-state index in [9.17, 15) is 9.59 Å². The van der Waals surface area contributed by atoms with Gasteiger partial charge in [0.15, 0.2) is 0 Å². The lowest BCUT2D eigenvalue weighted by molar-refractivity contribution is -0.134. The van der Waals surface area contributed by atoms with E-state index in [-0.39, 0.29) is 24.1 Å². The number of aromatic nitrogens is 3. The highest BCUT2D eigenvalue weighted by Gasteiger charge is 2.21. The molecule has 0 N–H and O–H groups in total. The molecular formula is C20H19N5O2. The molecule has 0 aliphatic carbocycles. The molecule has 1 unspecified atom stereocenters. The Labute approximate surface area is 156 Å². The summed E-state index contributed by atoms with van der Waals surface area (Å²) in [4.78, 5) is 27.0. The number of benzene rings is 2. The standard InChI is InChI=1S/C20H19N5O2/c1-3-24(14(2)16-10-8-15(12-21)9-11-16)19(26)13-25-20(27)17-6-4-5-7-18(17)22-23-25/h4-11,14H,3,13H2,1-2H3. The molecule has 136 valence electrons. The largest absolute Gasteiger partial charge is 0.335 e. The van der Waals surface area contributed by atoms with E-state index >= 15 is 0 Å². The van der Waals surface area contributed by atoms with Crippen molar-refractivity contribution in [3.63, 3.8) is 0 Å². The first-order valence-corrected chi connectivity index (χ1v) is 8.67. The monoisotopic (exact) mass is 361 g/mol. The third-order valence-electron chi connectivity index (χ3n) is 4.57. The zero-order valence-electron chi connectivity index (χ0n) is 15.2. The number of carbonyl (C=O) groups is 1. The molecule has 0 saturated heterocycles. The van der Waals surface area contributed by atoms with Crippen LogP contribution in [-0.2, 0) is 11.3 Å². The topological polar surface area (TPSA) is 91.9 Å². The highest BCUT2D eigenvalue weighted by atomic mass is 16.2. The second kappa shape index (κ2) is 7.79. The van der Waals surface area contributed by atoms with Gasteiger partial charge < -0.3 is 4.90 Å². The van der Waals surface area contributed by atoms with Crippen molar-refractivity contribution < 1.29 is 4.79 Å². The Morgan fingerprint density at radius 3 is 2.59 bits per heavy atom. The maximum atomic E-state index is 12.8. The molecule has 0 bridgehead atoms. The summed E-state index contributed by atoms with van der Waals surface area (Å²) in [5.74, 6) is -0.221. The summed E-state index contributed by atoms with van der Waals surface area (Å²) in [6.07, 6.45) is 0. The summed E-state index contributed by atoms with van der Waals surface area (Å²) < 4.78 is 1.10. The van der Waals surface area contributed by atoms with E-state index in [0.29, 0.717) is 23.0 Å². The van der Waals surface area contributed by atoms with Crippen LogP contribution in [0, 0.1) is 11.3 Å². The second-order valence-electron chi connectivity index (χ2n) is 6.16. The van der Waals surface area contributed by atoms with Gasteiger partial charge in [-0.05, 0) is 43.7 Å². The molecule has 7 heteroatoms. The third kappa shape index (κ3) is 3.70. The zero-order chi connectivity index (χ0) is 19.4. The van der Waals surface area contributed by atoms with Crippen LogP contribution in [0.5, 0.6) is 0 Å². The van der Waals surface area contributed by atoms with Crippen LogP contribution < -0.4 is 5.56 Å². The SMILES string of the molecule is CCN(C(=O)Cn1nnc2ccccc2c1=O)C(C)c1ccc(C#N)cc1. The molecule has 2 aromatic carbocycles. The lowest BCUT2D eigenvalue weighted by Crippen LogP contribution is -2.39. The van der Waals surface area contributed by atoms with Crippen molar-refractivity contribution >= 4 is 16.8 Å². The Balaban J connectivity index is 1.84. The van der Waals surface area contributed by atoms with Crippen LogP contribution in [-0.4, -0.2) is 32.3 Å². The summed E-state index contributed by atoms with van der Waals surface area (Å²) in [5.41, 5.74) is 1.65. The van der Waals surface area contributed by atoms with Gasteiger partial charge in [-0.25, -0.2) is 4.68 Å². The predicted octanol–water partition coefficient (Wildman–Crippen LogP) is 2.27. The van der Waals surface area contributed by atoms with Gasteiger partial charge in [0.2, 0.25) is 5.91 Å². The van der Waals surface area contributed by atoms with Crippen LogP contribution in [0.3, 0.4) is 0 Å². The first kappa shape index (κ1) is 18.3. The highest BCUT2D eigenvalue weighted by molar-refractivity contribution is 5.78. The molecule has 0 fully saturated rings. The molecule has 1 atom stereocenters. The maximum absolute atomic E-state index is 12.8. The number of hydrogen-bond acceptors (Lipinski definition) is 5. The lowest BCUT2D eigenvalue weighted by atomic mass is 10.0. The Morgan fingerprint density at radius 1 is 1.22 bits per heavy atom. The van der Waals surface area contributed by atoms with Crippen molar-refractivity contribution in [1.29, 1.82) is 5.26 Å². The fourth-order valence-electron chi connectivity index (χ4n) is 3.03. The van der Waals surface area contributed by atoms with E-state index in [1.807, 2.05) is 26.0 Å². The highest BCUT2D eigenvalue weighted by Crippen LogP contribution is 2.20. The van der Waals surface area contributed by atoms with Crippen molar-refractivity contribution in [2.24, 2.45) is 0 Å². The molecule has 7 nitrogen and oxygen atoms in total. The summed E-state index contributed by atoms with van der Waals surface area (Å²) >= 11 is 0. The number of hydrogen-bond donors (Lipinski definition) is 0. The van der Waals surface area contributed by atoms with Gasteiger partial charge in [0.05, 0.1) is 23.1 Å². The summed E-state index contributed by atoms with van der Waals surface area (Å²) in [6.45, 7) is 4.10. The fraction of sp³-hybridized carbons (Fsp3) is 0.250. The minimum absolute atomic E-state index is 0.175. The van der Waals surface area contributed by atoms with Gasteiger partial charge in [0.1, 0.15) is 12.1 Å². The van der Waals surface area contributed by atoms with Crippen molar-refractivity contribution in [3.05, 3.63) is 70.0 Å². The Hall–Kier alpha value is -3.53. The van der Waals surface area contributed by atoms with Crippen LogP contribution in [0.25, 0.3) is 10.9 Å². The fourth-order valence-corrected chi connectivity index (χ4v) is 3.03. The van der Waals surface area contributed by atoms with Crippen LogP contribution in [0.2, 0.25) is 0 Å². The van der Waals surface area contributed by atoms with Crippen LogP contribution >= 0.6 is 0 Å². The minimum atomic E-state index is -0.337. The molecule has 0 saturated carbocycles. The minimum Gasteiger partial charge on any atom is -0.335 e. The average molecular weight is 361 g/mol. The lowest BCUT2D eigenvalue weighted by Gasteiger charge is -2.28. The van der Waals surface area contributed by atoms with Crippen molar-refractivity contribution in [2.75, 3.05) is 6.54 Å². The predicted molar refractivity (Wildman–Crippen MR) is 101 cm³/mol. The van der Waals surface area contributed by atoms with Gasteiger partial charge >= 0.3 is 0 Å². The molecule has 0 aliphatic rings. The third-order valence-corrected chi connectivity index (χ3v) is 4.57. The molecule has 0 spiro atoms. The quantitative estimate of drug-likeness (QED) is 0.695. The van der Waals surface area contributed by atoms with E-state index in [4.69, 9.17) is 5.26 Å². The Kier molecular flexibility index (Phi) is 5.27. The van der Waals surface area contributed by atoms with Crippen LogP contribution in [0.1, 0.15) is 31.0 Å². The van der Waals surface area contributed by atoms with Gasteiger partial charge in [-0.1, -0.05) is 29.5 Å². The molecule has 1 amide bonds. The Bertz CT molecular complexity index is 1070. The number of likely N-dealkylation sites (N-methyl/N-ethyl adjacent to an activating group) is 1. The average Bonchev–Trinajstić information content (AvgIpc) is 2.71. The molecule has 27 heavy (non-hydrogen) atoms. The van der Waals surface area contributed by atoms with Gasteiger partial charge in [-0.2, -0.15) is 5.26 Å². The number of amides is 1. The molecule has 3 aromatic rings. The number of fused-ring (bicyclic) bond motifs is 1. The van der Waals surface area contributed by atoms with E-state index in [1.54, 1.807) is 41.3 Å². The van der Waals surface area contributed by atoms with Gasteiger partial charge in [-0.3, -0.25) is 9.59 Å². The maximum Gasteiger partial charge on any atom is 0.278 e. The van der Waals surface area contributed by atoms with Gasteiger partial charge in [0.25, 0.3) is 5.56 Å². The van der Waals surface area contributed by atoms with Gasteiger partial charge in [-0.15, -0.1) is 5.10 Å². The number of nitriles is 1. The van der Waals surface area contributed by atoms with Crippen LogP contribution in [0.4, 0.5) is 0 Å². The van der Waals surface area contributed by atoms with E-state index in [1.165, 1.54) is 0 Å². The van der Waals surface area contributed by atoms with E-state index in [0.717, 1.165) is 10.2 Å². The Morgan fingerprint density at radius 2 is 1.93 bits per heavy atom. The number of carbonyl (C=O) groups excluding carboxylic acids is 1. The van der Waals surface area contributed by atoms with E-state index < -0.39 is 0 Å². The van der Waals surface area contributed by atoms with E-state index in [2.05, 4.69) is 16.4 Å². The van der Waals surface area contributed by atoms with Crippen molar-refractivity contribution in [1.82, 2.24) is 19.9 Å². The smallest absolute Gasteiger partial charge is 0.278 e. The molecule has 3 rings (SSSR count). The molecule has 0 radical (unpaired) electrons. The van der Waals surface area contributed by atoms with Crippen LogP contribution in [0.15, 0.2) is 53.3 Å². The summed E-state index contributed by atoms with van der Waals surface area (Å²) in [6, 6.07) is 15.9. The second-order valence-corrected chi connectivity index (χ2v) is 6.16. The van der Waals surface area contributed by atoms with Crippen molar-refractivity contribution in [3.8, 4) is 6.07 Å². The van der Waals surface area contributed by atoms with Gasteiger partial charge in [0, 0.05) is 6.54 Å². The number of nitrogens with zero attached hydrogens (tertiary/aromatic N) is 5. The first-order valence-electron chi connectivity index (χ1n) is 8.67.